The number of aromatic hydroxyl groups is 1. The molecule has 1 atom stereocenters. The van der Waals surface area contributed by atoms with Crippen LogP contribution in [0, 0.1) is 0 Å². The SMILES string of the molecule is O=C1N[C@H](c2ccc(O)c(Cl)c2)C(F)(F)CO1. The lowest BCUT2D eigenvalue weighted by Gasteiger charge is -2.31. The second-order valence-corrected chi connectivity index (χ2v) is 4.03. The number of cyclic esters (lactones) is 1. The average Bonchev–Trinajstić information content (AvgIpc) is 2.26. The largest absolute Gasteiger partial charge is 0.506 e. The molecular weight excluding hydrogens is 256 g/mol. The molecule has 0 spiro atoms. The standard InChI is InChI=1S/C10H8ClF2NO3/c11-6-3-5(1-2-7(6)15)8-10(12,13)4-17-9(16)14-8/h1-3,8,15H,4H2,(H,14,16)/t8-/m1/s1. The normalized spacial score (nSPS) is 22.8. The van der Waals surface area contributed by atoms with Crippen molar-refractivity contribution in [2.24, 2.45) is 0 Å². The molecule has 1 heterocycles. The van der Waals surface area contributed by atoms with Crippen molar-refractivity contribution in [3.05, 3.63) is 28.8 Å². The molecule has 2 N–H and O–H groups in total. The van der Waals surface area contributed by atoms with Crippen LogP contribution in [0.2, 0.25) is 5.02 Å². The topological polar surface area (TPSA) is 58.6 Å². The Bertz CT molecular complexity index is 467. The van der Waals surface area contributed by atoms with E-state index in [4.69, 9.17) is 11.6 Å². The van der Waals surface area contributed by atoms with Crippen molar-refractivity contribution in [2.75, 3.05) is 6.61 Å². The summed E-state index contributed by atoms with van der Waals surface area (Å²) in [5.41, 5.74) is 0.106. The van der Waals surface area contributed by atoms with Gasteiger partial charge < -0.3 is 15.2 Å². The Hall–Kier alpha value is -1.56. The number of nitrogens with one attached hydrogen (secondary N) is 1. The van der Waals surface area contributed by atoms with Gasteiger partial charge >= 0.3 is 12.0 Å². The highest BCUT2D eigenvalue weighted by Gasteiger charge is 2.46. The van der Waals surface area contributed by atoms with Crippen molar-refractivity contribution >= 4 is 17.7 Å². The van der Waals surface area contributed by atoms with Gasteiger partial charge in [0.1, 0.15) is 11.8 Å². The molecule has 7 heteroatoms. The zero-order chi connectivity index (χ0) is 12.6. The molecule has 1 saturated heterocycles. The predicted octanol–water partition coefficient (Wildman–Crippen LogP) is 2.46. The maximum atomic E-state index is 13.5. The summed E-state index contributed by atoms with van der Waals surface area (Å²) in [4.78, 5) is 10.9. The number of carbonyl (C=O) groups excluding carboxylic acids is 1. The number of hydrogen-bond acceptors (Lipinski definition) is 3. The predicted molar refractivity (Wildman–Crippen MR) is 55.3 cm³/mol. The van der Waals surface area contributed by atoms with E-state index in [2.05, 4.69) is 4.74 Å². The highest BCUT2D eigenvalue weighted by molar-refractivity contribution is 6.32. The van der Waals surface area contributed by atoms with E-state index in [-0.39, 0.29) is 16.3 Å². The lowest BCUT2D eigenvalue weighted by atomic mass is 10.00. The van der Waals surface area contributed by atoms with Gasteiger partial charge in [0.15, 0.2) is 6.61 Å². The molecule has 1 aromatic rings. The molecule has 1 amide bonds. The maximum Gasteiger partial charge on any atom is 0.408 e. The number of ether oxygens (including phenoxy) is 1. The fraction of sp³-hybridized carbons (Fsp3) is 0.300. The van der Waals surface area contributed by atoms with Crippen molar-refractivity contribution in [1.29, 1.82) is 0 Å². The smallest absolute Gasteiger partial charge is 0.408 e. The minimum Gasteiger partial charge on any atom is -0.506 e. The minimum atomic E-state index is -3.23. The number of phenolic OH excluding ortho intramolecular Hbond substituents is 1. The summed E-state index contributed by atoms with van der Waals surface area (Å²) >= 11 is 5.62. The average molecular weight is 264 g/mol. The number of halogens is 3. The first-order chi connectivity index (χ1) is 7.90. The Morgan fingerprint density at radius 1 is 1.53 bits per heavy atom. The summed E-state index contributed by atoms with van der Waals surface area (Å²) in [7, 11) is 0. The quantitative estimate of drug-likeness (QED) is 0.818. The highest BCUT2D eigenvalue weighted by atomic mass is 35.5. The maximum absolute atomic E-state index is 13.5. The Balaban J connectivity index is 2.36. The van der Waals surface area contributed by atoms with Crippen LogP contribution in [0.15, 0.2) is 18.2 Å². The number of carbonyl (C=O) groups is 1. The van der Waals surface area contributed by atoms with Gasteiger partial charge in [-0.2, -0.15) is 0 Å². The minimum absolute atomic E-state index is 0.0564. The van der Waals surface area contributed by atoms with Crippen molar-refractivity contribution in [1.82, 2.24) is 5.32 Å². The second-order valence-electron chi connectivity index (χ2n) is 3.63. The molecule has 1 aromatic carbocycles. The molecule has 0 radical (unpaired) electrons. The molecule has 0 saturated carbocycles. The van der Waals surface area contributed by atoms with E-state index in [0.29, 0.717) is 0 Å². The zero-order valence-electron chi connectivity index (χ0n) is 8.41. The van der Waals surface area contributed by atoms with E-state index in [1.54, 1.807) is 0 Å². The molecule has 92 valence electrons. The van der Waals surface area contributed by atoms with Crippen LogP contribution in [0.1, 0.15) is 11.6 Å². The molecule has 1 aliphatic heterocycles. The molecule has 0 aromatic heterocycles. The molecule has 0 unspecified atom stereocenters. The number of hydrogen-bond donors (Lipinski definition) is 2. The number of amides is 1. The van der Waals surface area contributed by atoms with Crippen molar-refractivity contribution in [3.63, 3.8) is 0 Å². The van der Waals surface area contributed by atoms with Gasteiger partial charge in [0, 0.05) is 0 Å². The molecule has 1 fully saturated rings. The van der Waals surface area contributed by atoms with E-state index in [1.807, 2.05) is 5.32 Å². The van der Waals surface area contributed by atoms with Gasteiger partial charge in [-0.1, -0.05) is 17.7 Å². The van der Waals surface area contributed by atoms with E-state index >= 15 is 0 Å². The van der Waals surface area contributed by atoms with Crippen LogP contribution in [-0.2, 0) is 4.74 Å². The molecule has 2 rings (SSSR count). The first-order valence-electron chi connectivity index (χ1n) is 4.70. The third kappa shape index (κ3) is 2.26. The molecular formula is C10H8ClF2NO3. The second kappa shape index (κ2) is 4.03. The molecule has 0 aliphatic carbocycles. The van der Waals surface area contributed by atoms with Gasteiger partial charge in [-0.15, -0.1) is 0 Å². The van der Waals surface area contributed by atoms with Gasteiger partial charge in [-0.05, 0) is 17.7 Å². The van der Waals surface area contributed by atoms with Crippen LogP contribution < -0.4 is 5.32 Å². The van der Waals surface area contributed by atoms with Crippen LogP contribution in [0.25, 0.3) is 0 Å². The summed E-state index contributed by atoms with van der Waals surface area (Å²) in [6.07, 6.45) is -0.912. The van der Waals surface area contributed by atoms with Crippen molar-refractivity contribution in [2.45, 2.75) is 12.0 Å². The fourth-order valence-electron chi connectivity index (χ4n) is 1.54. The Morgan fingerprint density at radius 3 is 2.88 bits per heavy atom. The summed E-state index contributed by atoms with van der Waals surface area (Å²) in [5, 5.41) is 11.2. The lowest BCUT2D eigenvalue weighted by Crippen LogP contribution is -2.49. The molecule has 0 bridgehead atoms. The lowest BCUT2D eigenvalue weighted by molar-refractivity contribution is -0.104. The van der Waals surface area contributed by atoms with Crippen LogP contribution in [-0.4, -0.2) is 23.7 Å². The zero-order valence-corrected chi connectivity index (χ0v) is 9.17. The summed E-state index contributed by atoms with van der Waals surface area (Å²) in [6.45, 7) is -0.984. The monoisotopic (exact) mass is 263 g/mol. The third-order valence-corrected chi connectivity index (χ3v) is 2.69. The number of phenols is 1. The summed E-state index contributed by atoms with van der Waals surface area (Å²) < 4.78 is 31.2. The van der Waals surface area contributed by atoms with E-state index < -0.39 is 24.7 Å². The summed E-state index contributed by atoms with van der Waals surface area (Å²) in [6, 6.07) is 2.13. The van der Waals surface area contributed by atoms with Crippen LogP contribution >= 0.6 is 11.6 Å². The first-order valence-corrected chi connectivity index (χ1v) is 5.07. The van der Waals surface area contributed by atoms with Crippen LogP contribution in [0.5, 0.6) is 5.75 Å². The van der Waals surface area contributed by atoms with Crippen molar-refractivity contribution in [3.8, 4) is 5.75 Å². The van der Waals surface area contributed by atoms with Crippen LogP contribution in [0.3, 0.4) is 0 Å². The van der Waals surface area contributed by atoms with E-state index in [0.717, 1.165) is 0 Å². The Morgan fingerprint density at radius 2 is 2.24 bits per heavy atom. The van der Waals surface area contributed by atoms with Crippen molar-refractivity contribution < 1.29 is 23.4 Å². The van der Waals surface area contributed by atoms with E-state index in [1.165, 1.54) is 18.2 Å². The van der Waals surface area contributed by atoms with Gasteiger partial charge in [-0.3, -0.25) is 0 Å². The van der Waals surface area contributed by atoms with Gasteiger partial charge in [0.25, 0.3) is 0 Å². The third-order valence-electron chi connectivity index (χ3n) is 2.39. The fourth-order valence-corrected chi connectivity index (χ4v) is 1.73. The summed E-state index contributed by atoms with van der Waals surface area (Å²) in [5.74, 6) is -3.44. The van der Waals surface area contributed by atoms with Gasteiger partial charge in [-0.25, -0.2) is 13.6 Å². The number of rotatable bonds is 1. The van der Waals surface area contributed by atoms with E-state index in [9.17, 15) is 18.7 Å². The molecule has 4 nitrogen and oxygen atoms in total. The number of alkyl carbamates (subject to hydrolysis) is 1. The van der Waals surface area contributed by atoms with Crippen LogP contribution in [0.4, 0.5) is 13.6 Å². The number of benzene rings is 1. The highest BCUT2D eigenvalue weighted by Crippen LogP contribution is 2.36. The molecule has 17 heavy (non-hydrogen) atoms. The molecule has 1 aliphatic rings. The number of alkyl halides is 2. The van der Waals surface area contributed by atoms with Gasteiger partial charge in [0.2, 0.25) is 0 Å². The Kier molecular flexibility index (Phi) is 2.82. The first kappa shape index (κ1) is 11.9. The van der Waals surface area contributed by atoms with Gasteiger partial charge in [0.05, 0.1) is 5.02 Å². The Labute approximate surface area is 100 Å².